The molecule has 1 aromatic carbocycles. The summed E-state index contributed by atoms with van der Waals surface area (Å²) in [5, 5.41) is 11.6. The van der Waals surface area contributed by atoms with Gasteiger partial charge in [-0.05, 0) is 24.1 Å². The summed E-state index contributed by atoms with van der Waals surface area (Å²) in [5.74, 6) is 0.169. The van der Waals surface area contributed by atoms with E-state index in [0.717, 1.165) is 26.1 Å². The molecular weight excluding hydrogens is 358 g/mol. The van der Waals surface area contributed by atoms with E-state index in [0.29, 0.717) is 18.7 Å². The highest BCUT2D eigenvalue weighted by Gasteiger charge is 2.28. The van der Waals surface area contributed by atoms with Crippen LogP contribution < -0.4 is 10.5 Å². The summed E-state index contributed by atoms with van der Waals surface area (Å²) in [6.45, 7) is 3.70. The van der Waals surface area contributed by atoms with Crippen molar-refractivity contribution in [3.05, 3.63) is 80.8 Å². The number of hydrogen-bond acceptors (Lipinski definition) is 6. The number of aromatic nitrogens is 2. The Hall–Kier alpha value is -3.26. The van der Waals surface area contributed by atoms with Gasteiger partial charge >= 0.3 is 11.2 Å². The van der Waals surface area contributed by atoms with Crippen LogP contribution in [0.5, 0.6) is 0 Å². The van der Waals surface area contributed by atoms with Crippen LogP contribution in [0, 0.1) is 10.1 Å². The lowest BCUT2D eigenvalue weighted by Crippen LogP contribution is -2.33. The first-order valence-corrected chi connectivity index (χ1v) is 9.30. The second-order valence-electron chi connectivity index (χ2n) is 6.88. The van der Waals surface area contributed by atoms with Crippen molar-refractivity contribution in [2.24, 2.45) is 0 Å². The summed E-state index contributed by atoms with van der Waals surface area (Å²) < 4.78 is 1.22. The normalized spacial score (nSPS) is 15.5. The van der Waals surface area contributed by atoms with Gasteiger partial charge in [0, 0.05) is 38.9 Å². The first-order chi connectivity index (χ1) is 13.6. The van der Waals surface area contributed by atoms with E-state index >= 15 is 0 Å². The summed E-state index contributed by atoms with van der Waals surface area (Å²) in [7, 11) is 0. The summed E-state index contributed by atoms with van der Waals surface area (Å²) in [4.78, 5) is 32.4. The van der Waals surface area contributed by atoms with Crippen LogP contribution in [-0.2, 0) is 6.54 Å². The van der Waals surface area contributed by atoms with Crippen LogP contribution in [0.25, 0.3) is 5.65 Å². The van der Waals surface area contributed by atoms with Crippen LogP contribution in [-0.4, -0.2) is 45.4 Å². The van der Waals surface area contributed by atoms with Crippen LogP contribution in [0.1, 0.15) is 12.0 Å². The fraction of sp³-hybridized carbons (Fsp3) is 0.300. The molecule has 1 aliphatic heterocycles. The Morgan fingerprint density at radius 2 is 1.79 bits per heavy atom. The molecule has 1 saturated heterocycles. The van der Waals surface area contributed by atoms with Crippen molar-refractivity contribution in [1.29, 1.82) is 0 Å². The van der Waals surface area contributed by atoms with Gasteiger partial charge in [0.1, 0.15) is 5.65 Å². The molecule has 4 rings (SSSR count). The number of fused-ring (bicyclic) bond motifs is 1. The molecule has 1 fully saturated rings. The van der Waals surface area contributed by atoms with Gasteiger partial charge in [-0.25, -0.2) is 4.98 Å². The fourth-order valence-corrected chi connectivity index (χ4v) is 3.63. The van der Waals surface area contributed by atoms with Crippen LogP contribution >= 0.6 is 0 Å². The minimum atomic E-state index is -0.643. The van der Waals surface area contributed by atoms with E-state index in [9.17, 15) is 14.9 Å². The average Bonchev–Trinajstić information content (AvgIpc) is 2.94. The molecule has 0 saturated carbocycles. The van der Waals surface area contributed by atoms with Gasteiger partial charge in [0.15, 0.2) is 0 Å². The van der Waals surface area contributed by atoms with Gasteiger partial charge in [-0.3, -0.25) is 24.2 Å². The SMILES string of the molecule is O=c1c([N+](=O)[O-])c(N2CCCN(Cc3ccccc3)CC2)nc2ccccn12. The van der Waals surface area contributed by atoms with E-state index in [1.807, 2.05) is 23.1 Å². The van der Waals surface area contributed by atoms with Crippen molar-refractivity contribution < 1.29 is 4.92 Å². The van der Waals surface area contributed by atoms with Crippen molar-refractivity contribution in [3.63, 3.8) is 0 Å². The van der Waals surface area contributed by atoms with Gasteiger partial charge in [-0.1, -0.05) is 36.4 Å². The van der Waals surface area contributed by atoms with E-state index in [4.69, 9.17) is 0 Å². The van der Waals surface area contributed by atoms with Crippen LogP contribution in [0.3, 0.4) is 0 Å². The summed E-state index contributed by atoms with van der Waals surface area (Å²) in [6.07, 6.45) is 2.35. The quantitative estimate of drug-likeness (QED) is 0.511. The monoisotopic (exact) mass is 379 g/mol. The van der Waals surface area contributed by atoms with Gasteiger partial charge in [0.25, 0.3) is 0 Å². The number of nitro groups is 1. The zero-order valence-electron chi connectivity index (χ0n) is 15.4. The van der Waals surface area contributed by atoms with Crippen molar-refractivity contribution >= 4 is 17.2 Å². The predicted molar refractivity (Wildman–Crippen MR) is 107 cm³/mol. The van der Waals surface area contributed by atoms with Crippen molar-refractivity contribution in [3.8, 4) is 0 Å². The number of pyridine rings is 1. The highest BCUT2D eigenvalue weighted by Crippen LogP contribution is 2.24. The molecule has 1 aliphatic rings. The number of benzene rings is 1. The van der Waals surface area contributed by atoms with Gasteiger partial charge < -0.3 is 4.90 Å². The lowest BCUT2D eigenvalue weighted by atomic mass is 10.2. The van der Waals surface area contributed by atoms with Crippen molar-refractivity contribution in [2.75, 3.05) is 31.1 Å². The Kier molecular flexibility index (Phi) is 5.03. The molecule has 0 aliphatic carbocycles. The van der Waals surface area contributed by atoms with E-state index < -0.39 is 16.2 Å². The molecule has 8 nitrogen and oxygen atoms in total. The Morgan fingerprint density at radius 3 is 2.57 bits per heavy atom. The zero-order chi connectivity index (χ0) is 19.5. The Balaban J connectivity index is 1.62. The molecule has 28 heavy (non-hydrogen) atoms. The van der Waals surface area contributed by atoms with Crippen molar-refractivity contribution in [1.82, 2.24) is 14.3 Å². The minimum absolute atomic E-state index is 0.169. The maximum absolute atomic E-state index is 12.7. The molecule has 8 heteroatoms. The summed E-state index contributed by atoms with van der Waals surface area (Å²) >= 11 is 0. The largest absolute Gasteiger partial charge is 0.376 e. The zero-order valence-corrected chi connectivity index (χ0v) is 15.4. The van der Waals surface area contributed by atoms with Gasteiger partial charge in [0.05, 0.1) is 4.92 Å². The topological polar surface area (TPSA) is 84.0 Å². The molecular formula is C20H21N5O3. The summed E-state index contributed by atoms with van der Waals surface area (Å²) in [6, 6.07) is 15.3. The number of rotatable bonds is 4. The number of nitrogens with zero attached hydrogens (tertiary/aromatic N) is 5. The molecule has 3 heterocycles. The third-order valence-corrected chi connectivity index (χ3v) is 5.01. The summed E-state index contributed by atoms with van der Waals surface area (Å²) in [5.41, 5.74) is 0.554. The van der Waals surface area contributed by atoms with Gasteiger partial charge in [0.2, 0.25) is 5.82 Å². The Bertz CT molecular complexity index is 1050. The van der Waals surface area contributed by atoms with Gasteiger partial charge in [-0.2, -0.15) is 0 Å². The lowest BCUT2D eigenvalue weighted by Gasteiger charge is -2.22. The Labute approximate surface area is 161 Å². The molecule has 0 N–H and O–H groups in total. The molecule has 0 radical (unpaired) electrons. The van der Waals surface area contributed by atoms with Crippen molar-refractivity contribution in [2.45, 2.75) is 13.0 Å². The van der Waals surface area contributed by atoms with Gasteiger partial charge in [-0.15, -0.1) is 0 Å². The first-order valence-electron chi connectivity index (χ1n) is 9.30. The third kappa shape index (κ3) is 3.59. The lowest BCUT2D eigenvalue weighted by molar-refractivity contribution is -0.385. The number of anilines is 1. The maximum atomic E-state index is 12.7. The number of hydrogen-bond donors (Lipinski definition) is 0. The second kappa shape index (κ2) is 7.77. The van der Waals surface area contributed by atoms with E-state index in [1.54, 1.807) is 18.2 Å². The van der Waals surface area contributed by atoms with E-state index in [2.05, 4.69) is 22.0 Å². The predicted octanol–water partition coefficient (Wildman–Crippen LogP) is 2.32. The first kappa shape index (κ1) is 18.1. The second-order valence-corrected chi connectivity index (χ2v) is 6.88. The van der Waals surface area contributed by atoms with Crippen LogP contribution in [0.15, 0.2) is 59.5 Å². The third-order valence-electron chi connectivity index (χ3n) is 5.01. The molecule has 3 aromatic rings. The minimum Gasteiger partial charge on any atom is -0.349 e. The Morgan fingerprint density at radius 1 is 1.00 bits per heavy atom. The fourth-order valence-electron chi connectivity index (χ4n) is 3.63. The van der Waals surface area contributed by atoms with Crippen LogP contribution in [0.4, 0.5) is 11.5 Å². The van der Waals surface area contributed by atoms with Crippen LogP contribution in [0.2, 0.25) is 0 Å². The molecule has 144 valence electrons. The molecule has 0 atom stereocenters. The molecule has 2 aromatic heterocycles. The highest BCUT2D eigenvalue weighted by atomic mass is 16.6. The molecule has 0 unspecified atom stereocenters. The van der Waals surface area contributed by atoms with E-state index in [1.165, 1.54) is 16.2 Å². The average molecular weight is 379 g/mol. The maximum Gasteiger partial charge on any atom is 0.376 e. The molecule has 0 bridgehead atoms. The molecule has 0 amide bonds. The smallest absolute Gasteiger partial charge is 0.349 e. The standard InChI is InChI=1S/C20H21N5O3/c26-20-18(25(27)28)19(21-17-9-4-5-12-24(17)20)23-11-6-10-22(13-14-23)15-16-7-2-1-3-8-16/h1-5,7-9,12H,6,10-11,13-15H2. The molecule has 0 spiro atoms. The van der Waals surface area contributed by atoms with E-state index in [-0.39, 0.29) is 5.82 Å². The highest BCUT2D eigenvalue weighted by molar-refractivity contribution is 5.61.